The number of primary amides is 1. The Bertz CT molecular complexity index is 434. The van der Waals surface area contributed by atoms with E-state index in [0.717, 1.165) is 6.26 Å². The number of nitrogens with two attached hydrogens (primary N) is 1. The molecule has 1 aromatic rings. The molecule has 76 valence electrons. The summed E-state index contributed by atoms with van der Waals surface area (Å²) in [5.74, 6) is -0.106. The summed E-state index contributed by atoms with van der Waals surface area (Å²) in [7, 11) is -1.53. The van der Waals surface area contributed by atoms with Crippen LogP contribution < -0.4 is 5.32 Å². The molecule has 0 spiro atoms. The summed E-state index contributed by atoms with van der Waals surface area (Å²) in [6.45, 7) is 0. The second kappa shape index (κ2) is 3.89. The molecular weight excluding hydrogens is 202 g/mol. The molecule has 5 heteroatoms. The molecule has 4 nitrogen and oxygen atoms in total. The lowest BCUT2D eigenvalue weighted by Gasteiger charge is -1.98. The van der Waals surface area contributed by atoms with Gasteiger partial charge in [0, 0.05) is 6.26 Å². The number of amides is 1. The van der Waals surface area contributed by atoms with Crippen LogP contribution >= 0.6 is 0 Å². The van der Waals surface area contributed by atoms with E-state index in [-0.39, 0.29) is 10.8 Å². The molecule has 0 aliphatic heterocycles. The van der Waals surface area contributed by atoms with Crippen LogP contribution in [-0.2, 0) is 9.84 Å². The quantitative estimate of drug-likeness (QED) is 0.716. The monoisotopic (exact) mass is 214 g/mol. The van der Waals surface area contributed by atoms with Crippen molar-refractivity contribution in [2.45, 2.75) is 4.90 Å². The molecule has 0 saturated carbocycles. The number of quaternary nitrogens is 1. The van der Waals surface area contributed by atoms with Crippen molar-refractivity contribution in [3.8, 4) is 0 Å². The van der Waals surface area contributed by atoms with Crippen LogP contribution in [0.2, 0.25) is 0 Å². The lowest BCUT2D eigenvalue weighted by atomic mass is 10.2. The Kier molecular flexibility index (Phi) is 3.03. The van der Waals surface area contributed by atoms with Crippen molar-refractivity contribution >= 4 is 15.7 Å². The first-order chi connectivity index (χ1) is 6.45. The number of hydrogen-bond acceptors (Lipinski definition) is 3. The number of benzene rings is 1. The SMILES string of the molecule is C[NH2+]C(=O)c1ccc(S(C)(=O)=O)cc1. The molecule has 0 bridgehead atoms. The van der Waals surface area contributed by atoms with Gasteiger partial charge in [-0.05, 0) is 24.3 Å². The van der Waals surface area contributed by atoms with Gasteiger partial charge in [0.15, 0.2) is 9.84 Å². The van der Waals surface area contributed by atoms with Crippen LogP contribution in [-0.4, -0.2) is 27.6 Å². The first kappa shape index (κ1) is 10.9. The summed E-state index contributed by atoms with van der Waals surface area (Å²) in [6.07, 6.45) is 1.13. The summed E-state index contributed by atoms with van der Waals surface area (Å²) < 4.78 is 22.2. The molecule has 0 aliphatic rings. The van der Waals surface area contributed by atoms with Crippen LogP contribution in [0.15, 0.2) is 29.2 Å². The molecule has 14 heavy (non-hydrogen) atoms. The van der Waals surface area contributed by atoms with Gasteiger partial charge in [-0.2, -0.15) is 0 Å². The Balaban J connectivity index is 3.07. The molecule has 2 N–H and O–H groups in total. The van der Waals surface area contributed by atoms with Gasteiger partial charge in [0.2, 0.25) is 0 Å². The molecule has 1 aromatic carbocycles. The molecule has 0 radical (unpaired) electrons. The fourth-order valence-electron chi connectivity index (χ4n) is 1.03. The first-order valence-corrected chi connectivity index (χ1v) is 5.98. The van der Waals surface area contributed by atoms with Crippen molar-refractivity contribution in [3.63, 3.8) is 0 Å². The highest BCUT2D eigenvalue weighted by atomic mass is 32.2. The lowest BCUT2D eigenvalue weighted by Crippen LogP contribution is -2.83. The molecule has 0 aromatic heterocycles. The fourth-order valence-corrected chi connectivity index (χ4v) is 1.66. The number of hydrogen-bond donors (Lipinski definition) is 1. The third-order valence-corrected chi connectivity index (χ3v) is 2.96. The molecule has 1 amide bonds. The minimum atomic E-state index is -3.17. The van der Waals surface area contributed by atoms with Crippen LogP contribution in [0.3, 0.4) is 0 Å². The largest absolute Gasteiger partial charge is 0.342 e. The average Bonchev–Trinajstić information content (AvgIpc) is 2.15. The number of sulfone groups is 1. The Labute approximate surface area is 82.9 Å². The van der Waals surface area contributed by atoms with E-state index in [9.17, 15) is 13.2 Å². The molecule has 0 atom stereocenters. The Morgan fingerprint density at radius 3 is 2.07 bits per heavy atom. The highest BCUT2D eigenvalue weighted by Crippen LogP contribution is 2.09. The van der Waals surface area contributed by atoms with Crippen molar-refractivity contribution in [2.24, 2.45) is 0 Å². The van der Waals surface area contributed by atoms with E-state index in [0.29, 0.717) is 5.56 Å². The van der Waals surface area contributed by atoms with Crippen LogP contribution in [0.25, 0.3) is 0 Å². The molecular formula is C9H12NO3S+. The van der Waals surface area contributed by atoms with Crippen molar-refractivity contribution in [1.82, 2.24) is 0 Å². The standard InChI is InChI=1S/C9H11NO3S/c1-10-9(11)7-3-5-8(6-4-7)14(2,12)13/h3-6H,1-2H3,(H,10,11)/p+1. The predicted octanol–water partition coefficient (Wildman–Crippen LogP) is -0.576. The van der Waals surface area contributed by atoms with E-state index in [4.69, 9.17) is 0 Å². The van der Waals surface area contributed by atoms with Crippen LogP contribution in [0.5, 0.6) is 0 Å². The molecule has 0 unspecified atom stereocenters. The Hall–Kier alpha value is -1.20. The van der Waals surface area contributed by atoms with E-state index in [2.05, 4.69) is 0 Å². The van der Waals surface area contributed by atoms with Crippen LogP contribution in [0.1, 0.15) is 10.4 Å². The third-order valence-electron chi connectivity index (χ3n) is 1.83. The summed E-state index contributed by atoms with van der Waals surface area (Å²) >= 11 is 0. The normalized spacial score (nSPS) is 11.3. The van der Waals surface area contributed by atoms with Gasteiger partial charge in [-0.15, -0.1) is 0 Å². The fraction of sp³-hybridized carbons (Fsp3) is 0.222. The minimum absolute atomic E-state index is 0.106. The maximum absolute atomic E-state index is 11.2. The van der Waals surface area contributed by atoms with Gasteiger partial charge in [-0.25, -0.2) is 13.2 Å². The van der Waals surface area contributed by atoms with Crippen molar-refractivity contribution < 1.29 is 18.5 Å². The Morgan fingerprint density at radius 2 is 1.71 bits per heavy atom. The van der Waals surface area contributed by atoms with Gasteiger partial charge in [0.1, 0.15) is 0 Å². The van der Waals surface area contributed by atoms with Crippen LogP contribution in [0.4, 0.5) is 0 Å². The number of rotatable bonds is 2. The lowest BCUT2D eigenvalue weighted by molar-refractivity contribution is -0.523. The predicted molar refractivity (Wildman–Crippen MR) is 51.7 cm³/mol. The smallest absolute Gasteiger partial charge is 0.281 e. The van der Waals surface area contributed by atoms with E-state index in [1.807, 2.05) is 0 Å². The van der Waals surface area contributed by atoms with Crippen LogP contribution in [0, 0.1) is 0 Å². The third kappa shape index (κ3) is 2.40. The van der Waals surface area contributed by atoms with Crippen molar-refractivity contribution in [3.05, 3.63) is 29.8 Å². The zero-order valence-electron chi connectivity index (χ0n) is 8.02. The number of carbonyl (C=O) groups excluding carboxylic acids is 1. The first-order valence-electron chi connectivity index (χ1n) is 4.09. The average molecular weight is 214 g/mol. The topological polar surface area (TPSA) is 67.8 Å². The van der Waals surface area contributed by atoms with E-state index in [1.54, 1.807) is 7.05 Å². The number of carbonyl (C=O) groups is 1. The van der Waals surface area contributed by atoms with E-state index >= 15 is 0 Å². The maximum Gasteiger partial charge on any atom is 0.342 e. The summed E-state index contributed by atoms with van der Waals surface area (Å²) in [5.41, 5.74) is 0.500. The van der Waals surface area contributed by atoms with Crippen molar-refractivity contribution in [1.29, 1.82) is 0 Å². The van der Waals surface area contributed by atoms with Gasteiger partial charge in [0.05, 0.1) is 17.5 Å². The molecule has 1 rings (SSSR count). The van der Waals surface area contributed by atoms with Gasteiger partial charge in [-0.3, -0.25) is 5.32 Å². The zero-order chi connectivity index (χ0) is 10.8. The van der Waals surface area contributed by atoms with Gasteiger partial charge in [0.25, 0.3) is 0 Å². The summed E-state index contributed by atoms with van der Waals surface area (Å²) in [6, 6.07) is 5.90. The van der Waals surface area contributed by atoms with E-state index in [1.165, 1.54) is 29.6 Å². The molecule has 0 heterocycles. The summed E-state index contributed by atoms with van der Waals surface area (Å²) in [5, 5.41) is 1.44. The van der Waals surface area contributed by atoms with E-state index < -0.39 is 9.84 Å². The Morgan fingerprint density at radius 1 is 1.21 bits per heavy atom. The maximum atomic E-state index is 11.2. The molecule has 0 saturated heterocycles. The highest BCUT2D eigenvalue weighted by molar-refractivity contribution is 7.90. The van der Waals surface area contributed by atoms with Crippen molar-refractivity contribution in [2.75, 3.05) is 13.3 Å². The zero-order valence-corrected chi connectivity index (χ0v) is 8.84. The minimum Gasteiger partial charge on any atom is -0.281 e. The molecule has 0 fully saturated rings. The van der Waals surface area contributed by atoms with Gasteiger partial charge >= 0.3 is 5.91 Å². The highest BCUT2D eigenvalue weighted by Gasteiger charge is 2.10. The van der Waals surface area contributed by atoms with Gasteiger partial charge in [-0.1, -0.05) is 0 Å². The summed E-state index contributed by atoms with van der Waals surface area (Å²) in [4.78, 5) is 11.4. The van der Waals surface area contributed by atoms with Gasteiger partial charge < -0.3 is 0 Å². The second-order valence-corrected chi connectivity index (χ2v) is 4.97. The molecule has 0 aliphatic carbocycles. The second-order valence-electron chi connectivity index (χ2n) is 2.95.